The van der Waals surface area contributed by atoms with Crippen LogP contribution in [0.5, 0.6) is 0 Å². The lowest BCUT2D eigenvalue weighted by molar-refractivity contribution is 0.0282. The molecule has 2 aromatic rings. The van der Waals surface area contributed by atoms with Crippen molar-refractivity contribution in [1.29, 1.82) is 0 Å². The van der Waals surface area contributed by atoms with E-state index in [4.69, 9.17) is 9.15 Å². The van der Waals surface area contributed by atoms with Gasteiger partial charge in [0.25, 0.3) is 0 Å². The molecule has 0 saturated carbocycles. The Morgan fingerprint density at radius 1 is 1.26 bits per heavy atom. The van der Waals surface area contributed by atoms with Gasteiger partial charge in [0.2, 0.25) is 0 Å². The first kappa shape index (κ1) is 13.6. The third-order valence-electron chi connectivity index (χ3n) is 2.52. The maximum atomic E-state index is 12.7. The lowest BCUT2D eigenvalue weighted by Gasteiger charge is -2.12. The summed E-state index contributed by atoms with van der Waals surface area (Å²) in [6, 6.07) is 9.55. The van der Waals surface area contributed by atoms with E-state index in [9.17, 15) is 9.50 Å². The molecule has 102 valence electrons. The Hall–Kier alpha value is -1.85. The molecule has 4 nitrogen and oxygen atoms in total. The van der Waals surface area contributed by atoms with Gasteiger partial charge in [-0.05, 0) is 36.4 Å². The van der Waals surface area contributed by atoms with Gasteiger partial charge >= 0.3 is 0 Å². The summed E-state index contributed by atoms with van der Waals surface area (Å²) in [5, 5.41) is 12.7. The summed E-state index contributed by atoms with van der Waals surface area (Å²) in [5.74, 6) is 0.437. The molecule has 1 heterocycles. The van der Waals surface area contributed by atoms with Gasteiger partial charge in [0.05, 0.1) is 19.0 Å². The Bertz CT molecular complexity index is 470. The van der Waals surface area contributed by atoms with Gasteiger partial charge in [-0.1, -0.05) is 0 Å². The second-order valence-electron chi connectivity index (χ2n) is 4.14. The molecule has 0 bridgehead atoms. The van der Waals surface area contributed by atoms with Crippen LogP contribution >= 0.6 is 0 Å². The van der Waals surface area contributed by atoms with Crippen molar-refractivity contribution in [3.63, 3.8) is 0 Å². The van der Waals surface area contributed by atoms with Crippen LogP contribution in [-0.4, -0.2) is 24.4 Å². The number of aliphatic hydroxyl groups excluding tert-OH is 1. The third kappa shape index (κ3) is 4.73. The fraction of sp³-hybridized carbons (Fsp3) is 0.286. The van der Waals surface area contributed by atoms with Gasteiger partial charge in [0, 0.05) is 12.2 Å². The number of hydrogen-bond donors (Lipinski definition) is 2. The van der Waals surface area contributed by atoms with Crippen LogP contribution in [0.25, 0.3) is 0 Å². The molecular weight excluding hydrogens is 249 g/mol. The molecule has 0 fully saturated rings. The summed E-state index contributed by atoms with van der Waals surface area (Å²) in [4.78, 5) is 0. The summed E-state index contributed by atoms with van der Waals surface area (Å²) in [7, 11) is 0. The van der Waals surface area contributed by atoms with E-state index in [0.717, 1.165) is 11.4 Å². The lowest BCUT2D eigenvalue weighted by atomic mass is 10.3. The van der Waals surface area contributed by atoms with E-state index in [1.807, 2.05) is 6.07 Å². The Balaban J connectivity index is 1.64. The zero-order chi connectivity index (χ0) is 13.5. The zero-order valence-electron chi connectivity index (χ0n) is 10.4. The van der Waals surface area contributed by atoms with Crippen LogP contribution in [0, 0.1) is 5.82 Å². The average molecular weight is 265 g/mol. The molecule has 19 heavy (non-hydrogen) atoms. The molecule has 0 aliphatic carbocycles. The van der Waals surface area contributed by atoms with Gasteiger partial charge in [-0.2, -0.15) is 0 Å². The third-order valence-corrected chi connectivity index (χ3v) is 2.52. The highest BCUT2D eigenvalue weighted by Crippen LogP contribution is 2.08. The van der Waals surface area contributed by atoms with Gasteiger partial charge in [0.15, 0.2) is 0 Å². The van der Waals surface area contributed by atoms with Gasteiger partial charge in [0.1, 0.15) is 18.2 Å². The molecule has 1 unspecified atom stereocenters. The number of aliphatic hydroxyl groups is 1. The van der Waals surface area contributed by atoms with Crippen molar-refractivity contribution >= 4 is 5.69 Å². The van der Waals surface area contributed by atoms with Crippen LogP contribution in [0.3, 0.4) is 0 Å². The van der Waals surface area contributed by atoms with Crippen molar-refractivity contribution in [3.05, 3.63) is 54.2 Å². The van der Waals surface area contributed by atoms with Crippen molar-refractivity contribution in [2.24, 2.45) is 0 Å². The highest BCUT2D eigenvalue weighted by Gasteiger charge is 2.05. The van der Waals surface area contributed by atoms with Crippen molar-refractivity contribution in [2.45, 2.75) is 12.7 Å². The normalized spacial score (nSPS) is 12.3. The second-order valence-corrected chi connectivity index (χ2v) is 4.14. The molecule has 1 aromatic heterocycles. The summed E-state index contributed by atoms with van der Waals surface area (Å²) < 4.78 is 23.1. The van der Waals surface area contributed by atoms with Crippen LogP contribution < -0.4 is 5.32 Å². The maximum absolute atomic E-state index is 12.7. The number of benzene rings is 1. The van der Waals surface area contributed by atoms with E-state index in [1.165, 1.54) is 12.1 Å². The topological polar surface area (TPSA) is 54.6 Å². The summed E-state index contributed by atoms with van der Waals surface area (Å²) in [6.45, 7) is 0.874. The highest BCUT2D eigenvalue weighted by molar-refractivity contribution is 5.42. The van der Waals surface area contributed by atoms with Crippen molar-refractivity contribution < 1.29 is 18.7 Å². The fourth-order valence-electron chi connectivity index (χ4n) is 1.55. The standard InChI is InChI=1S/C14H16FNO3/c15-11-3-5-12(6-4-11)16-8-13(17)9-18-10-14-2-1-7-19-14/h1-7,13,16-17H,8-10H2. The van der Waals surface area contributed by atoms with E-state index in [-0.39, 0.29) is 12.4 Å². The van der Waals surface area contributed by atoms with Crippen molar-refractivity contribution in [3.8, 4) is 0 Å². The van der Waals surface area contributed by atoms with E-state index in [0.29, 0.717) is 13.2 Å². The molecule has 0 aliphatic heterocycles. The minimum absolute atomic E-state index is 0.203. The summed E-state index contributed by atoms with van der Waals surface area (Å²) in [6.07, 6.45) is 0.936. The number of furan rings is 1. The molecule has 2 rings (SSSR count). The first-order chi connectivity index (χ1) is 9.24. The van der Waals surface area contributed by atoms with Crippen LogP contribution in [-0.2, 0) is 11.3 Å². The van der Waals surface area contributed by atoms with Crippen molar-refractivity contribution in [2.75, 3.05) is 18.5 Å². The highest BCUT2D eigenvalue weighted by atomic mass is 19.1. The number of hydrogen-bond acceptors (Lipinski definition) is 4. The average Bonchev–Trinajstić information content (AvgIpc) is 2.91. The Morgan fingerprint density at radius 3 is 2.74 bits per heavy atom. The molecule has 0 spiro atoms. The molecule has 5 heteroatoms. The Kier molecular flexibility index (Phi) is 4.94. The van der Waals surface area contributed by atoms with Crippen LogP contribution in [0.2, 0.25) is 0 Å². The van der Waals surface area contributed by atoms with Gasteiger partial charge in [-0.3, -0.25) is 0 Å². The van der Waals surface area contributed by atoms with E-state index in [1.54, 1.807) is 24.5 Å². The zero-order valence-corrected chi connectivity index (χ0v) is 10.4. The van der Waals surface area contributed by atoms with Gasteiger partial charge in [-0.15, -0.1) is 0 Å². The van der Waals surface area contributed by atoms with Crippen molar-refractivity contribution in [1.82, 2.24) is 0 Å². The Morgan fingerprint density at radius 2 is 2.05 bits per heavy atom. The number of anilines is 1. The van der Waals surface area contributed by atoms with E-state index in [2.05, 4.69) is 5.32 Å². The minimum Gasteiger partial charge on any atom is -0.467 e. The summed E-state index contributed by atoms with van der Waals surface area (Å²) in [5.41, 5.74) is 0.756. The molecule has 0 aliphatic rings. The molecule has 0 saturated heterocycles. The van der Waals surface area contributed by atoms with E-state index >= 15 is 0 Å². The smallest absolute Gasteiger partial charge is 0.129 e. The fourth-order valence-corrected chi connectivity index (χ4v) is 1.55. The molecular formula is C14H16FNO3. The molecule has 2 N–H and O–H groups in total. The van der Waals surface area contributed by atoms with Crippen LogP contribution in [0.1, 0.15) is 5.76 Å². The molecule has 1 aromatic carbocycles. The molecule has 0 radical (unpaired) electrons. The largest absolute Gasteiger partial charge is 0.467 e. The van der Waals surface area contributed by atoms with E-state index < -0.39 is 6.10 Å². The maximum Gasteiger partial charge on any atom is 0.129 e. The predicted molar refractivity (Wildman–Crippen MR) is 69.3 cm³/mol. The van der Waals surface area contributed by atoms with Crippen LogP contribution in [0.15, 0.2) is 47.1 Å². The quantitative estimate of drug-likeness (QED) is 0.807. The first-order valence-electron chi connectivity index (χ1n) is 6.01. The number of ether oxygens (including phenoxy) is 1. The minimum atomic E-state index is -0.639. The van der Waals surface area contributed by atoms with Gasteiger partial charge in [-0.25, -0.2) is 4.39 Å². The predicted octanol–water partition coefficient (Wildman–Crippen LogP) is 2.41. The summed E-state index contributed by atoms with van der Waals surface area (Å²) >= 11 is 0. The molecule has 1 atom stereocenters. The number of rotatable bonds is 7. The number of nitrogens with one attached hydrogen (secondary N) is 1. The monoisotopic (exact) mass is 265 g/mol. The van der Waals surface area contributed by atoms with Gasteiger partial charge < -0.3 is 19.6 Å². The SMILES string of the molecule is OC(CNc1ccc(F)cc1)COCc1ccco1. The molecule has 0 amide bonds. The second kappa shape index (κ2) is 6.92. The first-order valence-corrected chi connectivity index (χ1v) is 6.01. The number of halogens is 1. The lowest BCUT2D eigenvalue weighted by Crippen LogP contribution is -2.24. The van der Waals surface area contributed by atoms with Crippen LogP contribution in [0.4, 0.5) is 10.1 Å². The Labute approximate surface area is 110 Å².